The first-order chi connectivity index (χ1) is 9.72. The van der Waals surface area contributed by atoms with E-state index < -0.39 is 0 Å². The van der Waals surface area contributed by atoms with Gasteiger partial charge in [0.05, 0.1) is 6.10 Å². The van der Waals surface area contributed by atoms with Crippen molar-refractivity contribution in [1.82, 2.24) is 10.2 Å². The molecule has 3 atom stereocenters. The summed E-state index contributed by atoms with van der Waals surface area (Å²) in [4.78, 5) is 2.70. The number of hydrogen-bond donors (Lipinski definition) is 2. The molecule has 20 heavy (non-hydrogen) atoms. The Labute approximate surface area is 124 Å². The van der Waals surface area contributed by atoms with Gasteiger partial charge in [0.1, 0.15) is 0 Å². The van der Waals surface area contributed by atoms with Gasteiger partial charge in [-0.3, -0.25) is 4.90 Å². The number of aliphatic hydroxyl groups excluding tert-OH is 1. The number of piperidine rings is 1. The summed E-state index contributed by atoms with van der Waals surface area (Å²) < 4.78 is 0. The van der Waals surface area contributed by atoms with E-state index in [-0.39, 0.29) is 6.10 Å². The van der Waals surface area contributed by atoms with Gasteiger partial charge in [-0.2, -0.15) is 0 Å². The highest BCUT2D eigenvalue weighted by molar-refractivity contribution is 4.90. The van der Waals surface area contributed by atoms with E-state index in [4.69, 9.17) is 0 Å². The van der Waals surface area contributed by atoms with E-state index in [9.17, 15) is 5.11 Å². The van der Waals surface area contributed by atoms with Gasteiger partial charge in [0.25, 0.3) is 0 Å². The summed E-state index contributed by atoms with van der Waals surface area (Å²) in [5, 5.41) is 13.8. The molecule has 0 bridgehead atoms. The Morgan fingerprint density at radius 3 is 2.50 bits per heavy atom. The number of hydrogen-bond acceptors (Lipinski definition) is 3. The van der Waals surface area contributed by atoms with Crippen molar-refractivity contribution in [2.45, 2.75) is 76.5 Å². The summed E-state index contributed by atoms with van der Waals surface area (Å²) in [5.74, 6) is 1.41. The Morgan fingerprint density at radius 2 is 1.85 bits per heavy atom. The summed E-state index contributed by atoms with van der Waals surface area (Å²) in [6.07, 6.45) is 10.8. The molecule has 3 fully saturated rings. The first kappa shape index (κ1) is 14.8. The molecule has 0 radical (unpaired) electrons. The molecule has 0 spiro atoms. The number of aliphatic hydroxyl groups is 1. The zero-order valence-corrected chi connectivity index (χ0v) is 13.1. The SMILES string of the molecule is CC(O)C1CC(NCC2CC2)CN(C2CCCCC2)C1. The molecule has 116 valence electrons. The molecule has 2 N–H and O–H groups in total. The molecule has 2 saturated carbocycles. The lowest BCUT2D eigenvalue weighted by Gasteiger charge is -2.44. The van der Waals surface area contributed by atoms with Crippen molar-refractivity contribution < 1.29 is 5.11 Å². The molecule has 2 aliphatic carbocycles. The van der Waals surface area contributed by atoms with Crippen LogP contribution in [0.15, 0.2) is 0 Å². The largest absolute Gasteiger partial charge is 0.393 e. The zero-order chi connectivity index (χ0) is 13.9. The Balaban J connectivity index is 1.56. The molecule has 0 amide bonds. The van der Waals surface area contributed by atoms with Crippen LogP contribution in [0.4, 0.5) is 0 Å². The lowest BCUT2D eigenvalue weighted by atomic mass is 9.86. The Kier molecular flexibility index (Phi) is 5.00. The van der Waals surface area contributed by atoms with Crippen molar-refractivity contribution >= 4 is 0 Å². The van der Waals surface area contributed by atoms with Gasteiger partial charge in [0, 0.05) is 25.2 Å². The summed E-state index contributed by atoms with van der Waals surface area (Å²) in [6.45, 7) is 5.51. The van der Waals surface area contributed by atoms with Gasteiger partial charge in [-0.05, 0) is 57.4 Å². The van der Waals surface area contributed by atoms with E-state index in [2.05, 4.69) is 10.2 Å². The molecule has 3 aliphatic rings. The maximum Gasteiger partial charge on any atom is 0.0553 e. The third-order valence-corrected chi connectivity index (χ3v) is 5.68. The Hall–Kier alpha value is -0.120. The number of likely N-dealkylation sites (tertiary alicyclic amines) is 1. The van der Waals surface area contributed by atoms with Gasteiger partial charge in [-0.15, -0.1) is 0 Å². The van der Waals surface area contributed by atoms with Crippen molar-refractivity contribution in [3.63, 3.8) is 0 Å². The van der Waals surface area contributed by atoms with Crippen molar-refractivity contribution in [3.05, 3.63) is 0 Å². The third-order valence-electron chi connectivity index (χ3n) is 5.68. The number of nitrogens with one attached hydrogen (secondary N) is 1. The minimum absolute atomic E-state index is 0.161. The first-order valence-electron chi connectivity index (χ1n) is 8.88. The molecule has 3 nitrogen and oxygen atoms in total. The van der Waals surface area contributed by atoms with Crippen molar-refractivity contribution in [2.24, 2.45) is 11.8 Å². The van der Waals surface area contributed by atoms with Gasteiger partial charge < -0.3 is 10.4 Å². The van der Waals surface area contributed by atoms with Crippen LogP contribution in [0.5, 0.6) is 0 Å². The second-order valence-corrected chi connectivity index (χ2v) is 7.53. The van der Waals surface area contributed by atoms with Crippen LogP contribution in [0.1, 0.15) is 58.3 Å². The van der Waals surface area contributed by atoms with Crippen molar-refractivity contribution in [1.29, 1.82) is 0 Å². The van der Waals surface area contributed by atoms with Crippen LogP contribution < -0.4 is 5.32 Å². The van der Waals surface area contributed by atoms with E-state index in [0.717, 1.165) is 24.9 Å². The highest BCUT2D eigenvalue weighted by Gasteiger charge is 2.34. The predicted octanol–water partition coefficient (Wildman–Crippen LogP) is 2.39. The monoisotopic (exact) mass is 280 g/mol. The van der Waals surface area contributed by atoms with Crippen molar-refractivity contribution in [3.8, 4) is 0 Å². The fourth-order valence-corrected chi connectivity index (χ4v) is 4.07. The molecule has 1 aliphatic heterocycles. The normalized spacial score (nSPS) is 35.1. The van der Waals surface area contributed by atoms with E-state index >= 15 is 0 Å². The molecule has 1 heterocycles. The van der Waals surface area contributed by atoms with Crippen LogP contribution in [-0.2, 0) is 0 Å². The smallest absolute Gasteiger partial charge is 0.0553 e. The predicted molar refractivity (Wildman–Crippen MR) is 82.7 cm³/mol. The summed E-state index contributed by atoms with van der Waals surface area (Å²) in [7, 11) is 0. The van der Waals surface area contributed by atoms with Crippen LogP contribution in [0, 0.1) is 11.8 Å². The van der Waals surface area contributed by atoms with Crippen molar-refractivity contribution in [2.75, 3.05) is 19.6 Å². The maximum atomic E-state index is 10.0. The Morgan fingerprint density at radius 1 is 1.10 bits per heavy atom. The second kappa shape index (κ2) is 6.76. The summed E-state index contributed by atoms with van der Waals surface area (Å²) >= 11 is 0. The fourth-order valence-electron chi connectivity index (χ4n) is 4.07. The average molecular weight is 280 g/mol. The van der Waals surface area contributed by atoms with E-state index in [0.29, 0.717) is 12.0 Å². The molecule has 0 aromatic carbocycles. The molecular formula is C17H32N2O. The minimum Gasteiger partial charge on any atom is -0.393 e. The van der Waals surface area contributed by atoms with E-state index in [1.54, 1.807) is 0 Å². The van der Waals surface area contributed by atoms with Crippen LogP contribution in [-0.4, -0.2) is 47.8 Å². The lowest BCUT2D eigenvalue weighted by Crippen LogP contribution is -2.55. The standard InChI is InChI=1S/C17H32N2O/c1-13(20)15-9-16(18-10-14-7-8-14)12-19(11-15)17-5-3-2-4-6-17/h13-18,20H,2-12H2,1H3. The molecule has 1 saturated heterocycles. The quantitative estimate of drug-likeness (QED) is 0.812. The van der Waals surface area contributed by atoms with Crippen LogP contribution in [0.2, 0.25) is 0 Å². The molecule has 0 aromatic heterocycles. The van der Waals surface area contributed by atoms with Gasteiger partial charge in [0.15, 0.2) is 0 Å². The van der Waals surface area contributed by atoms with Gasteiger partial charge >= 0.3 is 0 Å². The molecule has 3 rings (SSSR count). The second-order valence-electron chi connectivity index (χ2n) is 7.53. The molecule has 3 unspecified atom stereocenters. The highest BCUT2D eigenvalue weighted by atomic mass is 16.3. The first-order valence-corrected chi connectivity index (χ1v) is 8.88. The molecular weight excluding hydrogens is 248 g/mol. The fraction of sp³-hybridized carbons (Fsp3) is 1.00. The molecule has 3 heteroatoms. The Bertz CT molecular complexity index is 297. The van der Waals surface area contributed by atoms with Gasteiger partial charge in [-0.1, -0.05) is 19.3 Å². The highest BCUT2D eigenvalue weighted by Crippen LogP contribution is 2.30. The van der Waals surface area contributed by atoms with Crippen LogP contribution in [0.3, 0.4) is 0 Å². The number of nitrogens with zero attached hydrogens (tertiary/aromatic N) is 1. The van der Waals surface area contributed by atoms with Gasteiger partial charge in [0.2, 0.25) is 0 Å². The molecule has 0 aromatic rings. The number of rotatable bonds is 5. The minimum atomic E-state index is -0.161. The van der Waals surface area contributed by atoms with E-state index in [1.807, 2.05) is 6.92 Å². The lowest BCUT2D eigenvalue weighted by molar-refractivity contribution is 0.0207. The maximum absolute atomic E-state index is 10.0. The summed E-state index contributed by atoms with van der Waals surface area (Å²) in [5.41, 5.74) is 0. The third kappa shape index (κ3) is 3.96. The summed E-state index contributed by atoms with van der Waals surface area (Å²) in [6, 6.07) is 1.39. The topological polar surface area (TPSA) is 35.5 Å². The van der Waals surface area contributed by atoms with E-state index in [1.165, 1.54) is 58.0 Å². The zero-order valence-electron chi connectivity index (χ0n) is 13.1. The van der Waals surface area contributed by atoms with Crippen LogP contribution in [0.25, 0.3) is 0 Å². The average Bonchev–Trinajstić information content (AvgIpc) is 3.30. The van der Waals surface area contributed by atoms with Gasteiger partial charge in [-0.25, -0.2) is 0 Å². The van der Waals surface area contributed by atoms with Crippen LogP contribution >= 0.6 is 0 Å².